The van der Waals surface area contributed by atoms with Crippen molar-refractivity contribution < 1.29 is 43.7 Å². The monoisotopic (exact) mass is 465 g/mol. The van der Waals surface area contributed by atoms with Crippen LogP contribution in [0, 0.1) is 0 Å². The molecule has 0 bridgehead atoms. The number of carbonyl (C=O) groups excluding carboxylic acids is 3. The Morgan fingerprint density at radius 2 is 2.00 bits per heavy atom. The zero-order valence-electron chi connectivity index (χ0n) is 28.7. The Kier molecular flexibility index (Phi) is 3.63. The number of ether oxygens (including phenoxy) is 3. The highest BCUT2D eigenvalue weighted by atomic mass is 16.6. The molecule has 0 saturated carbocycles. The first-order chi connectivity index (χ1) is 19.8. The normalized spacial score (nSPS) is 17.7. The molecular weight excluding hydrogens is 428 g/mol. The summed E-state index contributed by atoms with van der Waals surface area (Å²) in [6.45, 7) is -1.70. The summed E-state index contributed by atoms with van der Waals surface area (Å²) in [6.07, 6.45) is 0.0279. The summed E-state index contributed by atoms with van der Waals surface area (Å²) in [6, 6.07) is 4.97. The summed E-state index contributed by atoms with van der Waals surface area (Å²) in [5.41, 5.74) is -2.01. The minimum Gasteiger partial charge on any atom is -0.480 e. The molecule has 0 radical (unpaired) electrons. The number of nitrogens with one attached hydrogen (secondary N) is 1. The fourth-order valence-electron chi connectivity index (χ4n) is 2.92. The lowest BCUT2D eigenvalue weighted by Gasteiger charge is -2.19. The van der Waals surface area contributed by atoms with Crippen molar-refractivity contribution in [2.45, 2.75) is 33.2 Å². The molecule has 3 aromatic rings. The molecule has 174 valence electrons. The second kappa shape index (κ2) is 9.27. The lowest BCUT2D eigenvalue weighted by molar-refractivity contribution is 0.0521. The Morgan fingerprint density at radius 1 is 1.18 bits per heavy atom. The minimum absolute atomic E-state index is 0.0317. The summed E-state index contributed by atoms with van der Waals surface area (Å²) < 4.78 is 96.2. The third-order valence-corrected chi connectivity index (χ3v) is 4.23. The van der Waals surface area contributed by atoms with Gasteiger partial charge in [0.2, 0.25) is 5.88 Å². The molecule has 0 fully saturated rings. The van der Waals surface area contributed by atoms with Gasteiger partial charge in [0.25, 0.3) is 5.91 Å². The summed E-state index contributed by atoms with van der Waals surface area (Å²) >= 11 is 0. The van der Waals surface area contributed by atoms with Crippen LogP contribution in [0.3, 0.4) is 0 Å². The van der Waals surface area contributed by atoms with Crippen LogP contribution in [0.15, 0.2) is 30.5 Å². The van der Waals surface area contributed by atoms with Gasteiger partial charge in [0.15, 0.2) is 5.69 Å². The predicted molar refractivity (Wildman–Crippen MR) is 120 cm³/mol. The third-order valence-electron chi connectivity index (χ3n) is 4.23. The van der Waals surface area contributed by atoms with Crippen LogP contribution in [-0.2, 0) is 9.47 Å². The average molecular weight is 466 g/mol. The van der Waals surface area contributed by atoms with Gasteiger partial charge in [-0.1, -0.05) is 6.07 Å². The topological polar surface area (TPSA) is 122 Å². The van der Waals surface area contributed by atoms with Gasteiger partial charge < -0.3 is 19.5 Å². The fourth-order valence-corrected chi connectivity index (χ4v) is 2.92. The first kappa shape index (κ1) is 12.9. The smallest absolute Gasteiger partial charge is 0.435 e. The van der Waals surface area contributed by atoms with Crippen LogP contribution in [0.25, 0.3) is 22.0 Å². The lowest BCUT2D eigenvalue weighted by atomic mass is 10.0. The summed E-state index contributed by atoms with van der Waals surface area (Å²) in [5.74, 6) is -3.47. The van der Waals surface area contributed by atoms with E-state index in [1.54, 1.807) is 26.1 Å². The highest BCUT2D eigenvalue weighted by molar-refractivity contribution is 6.07. The number of carbonyl (C=O) groups is 3. The van der Waals surface area contributed by atoms with Gasteiger partial charge in [-0.2, -0.15) is 9.78 Å². The molecule has 0 saturated heterocycles. The van der Waals surface area contributed by atoms with Gasteiger partial charge in [0, 0.05) is 30.5 Å². The van der Waals surface area contributed by atoms with Crippen molar-refractivity contribution in [2.75, 3.05) is 20.6 Å². The van der Waals surface area contributed by atoms with E-state index in [0.29, 0.717) is 4.68 Å². The number of rotatable bonds is 5. The molecule has 3 rings (SSSR count). The Labute approximate surface area is 206 Å². The zero-order valence-corrected chi connectivity index (χ0v) is 17.7. The molecule has 0 unspecified atom stereocenters. The maximum atomic E-state index is 13.0. The van der Waals surface area contributed by atoms with Crippen LogP contribution < -0.4 is 10.1 Å². The number of aromatic nitrogens is 3. The molecule has 1 aromatic carbocycles. The van der Waals surface area contributed by atoms with Gasteiger partial charge in [0.05, 0.1) is 27.8 Å². The van der Waals surface area contributed by atoms with E-state index in [9.17, 15) is 14.4 Å². The molecule has 10 heteroatoms. The van der Waals surface area contributed by atoms with E-state index in [4.69, 9.17) is 24.6 Å². The molecule has 0 atom stereocenters. The van der Waals surface area contributed by atoms with Crippen LogP contribution in [0.5, 0.6) is 5.88 Å². The largest absolute Gasteiger partial charge is 0.480 e. The Bertz CT molecular complexity index is 1610. The number of nitrogens with zero attached hydrogens (tertiary/aromatic N) is 3. The number of methoxy groups -OCH3 is 2. The van der Waals surface area contributed by atoms with E-state index < -0.39 is 68.1 Å². The van der Waals surface area contributed by atoms with E-state index in [-0.39, 0.29) is 22.0 Å². The number of pyridine rings is 1. The van der Waals surface area contributed by atoms with Crippen molar-refractivity contribution in [3.63, 3.8) is 0 Å². The quantitative estimate of drug-likeness (QED) is 0.569. The Morgan fingerprint density at radius 3 is 2.70 bits per heavy atom. The molecule has 0 aliphatic heterocycles. The summed E-state index contributed by atoms with van der Waals surface area (Å²) in [7, 11) is -6.25. The van der Waals surface area contributed by atoms with Crippen LogP contribution in [0.2, 0.25) is 0 Å². The highest BCUT2D eigenvalue weighted by Gasteiger charge is 2.25. The molecule has 2 heterocycles. The third kappa shape index (κ3) is 4.94. The van der Waals surface area contributed by atoms with Crippen molar-refractivity contribution in [3.05, 3.63) is 41.7 Å². The number of esters is 1. The number of hydrogen-bond acceptors (Lipinski definition) is 8. The van der Waals surface area contributed by atoms with Crippen molar-refractivity contribution in [1.82, 2.24) is 20.1 Å². The van der Waals surface area contributed by atoms with E-state index >= 15 is 0 Å². The van der Waals surface area contributed by atoms with Crippen molar-refractivity contribution in [3.8, 4) is 17.0 Å². The number of fused-ring (bicyclic) bond motifs is 1. The first-order valence-corrected chi connectivity index (χ1v) is 9.29. The molecule has 0 aliphatic carbocycles. The van der Waals surface area contributed by atoms with Gasteiger partial charge in [-0.15, -0.1) is 0 Å². The zero-order chi connectivity index (χ0) is 33.6. The maximum Gasteiger partial charge on any atom is 0.435 e. The van der Waals surface area contributed by atoms with Crippen LogP contribution in [-0.4, -0.2) is 58.9 Å². The number of amides is 1. The van der Waals surface area contributed by atoms with Gasteiger partial charge in [-0.3, -0.25) is 4.79 Å². The first-order valence-electron chi connectivity index (χ1n) is 14.8. The standard InChI is InChI=1S/C23H26N4O6/c1-7-24-19(28)18-15-9-8-13(11-17(15)27(26-18)22(30)33-23(2,3)4)14-10-16(21(29)32-6)20(31-5)25-12-14/h8-12H,7H2,1-6H3,(H,24,28)/i1D3,5D3,6D3,7D2. The molecule has 10 nitrogen and oxygen atoms in total. The molecule has 0 spiro atoms. The van der Waals surface area contributed by atoms with Crippen molar-refractivity contribution >= 4 is 28.9 Å². The fraction of sp³-hybridized carbons (Fsp3) is 0.348. The molecule has 0 aliphatic rings. The van der Waals surface area contributed by atoms with Crippen molar-refractivity contribution in [1.29, 1.82) is 0 Å². The number of hydrogen-bond donors (Lipinski definition) is 1. The SMILES string of the molecule is [2H]C([2H])([2H])OC(=O)c1cc(-c2ccc3c(C(=O)NC([2H])([2H])C([2H])([2H])[2H])nn(C(=O)OC(C)(C)C)c3c2)cnc1OC([2H])([2H])[2H]. The van der Waals surface area contributed by atoms with Gasteiger partial charge >= 0.3 is 12.1 Å². The summed E-state index contributed by atoms with van der Waals surface area (Å²) in [5, 5.41) is 5.68. The number of benzene rings is 1. The molecule has 2 aromatic heterocycles. The van der Waals surface area contributed by atoms with Gasteiger partial charge in [-0.25, -0.2) is 14.6 Å². The molecular formula is C23H26N4O6. The van der Waals surface area contributed by atoms with E-state index in [2.05, 4.69) is 14.8 Å². The molecule has 33 heavy (non-hydrogen) atoms. The van der Waals surface area contributed by atoms with Crippen molar-refractivity contribution in [2.24, 2.45) is 0 Å². The average Bonchev–Trinajstić information content (AvgIpc) is 3.19. The summed E-state index contributed by atoms with van der Waals surface area (Å²) in [4.78, 5) is 42.5. The van der Waals surface area contributed by atoms with E-state index in [1.165, 1.54) is 18.2 Å². The van der Waals surface area contributed by atoms with Crippen LogP contribution in [0.1, 0.15) is 63.5 Å². The predicted octanol–water partition coefficient (Wildman–Crippen LogP) is 3.43. The Balaban J connectivity index is 2.21. The lowest BCUT2D eigenvalue weighted by Crippen LogP contribution is -2.28. The Hall–Kier alpha value is -3.95. The highest BCUT2D eigenvalue weighted by Crippen LogP contribution is 2.29. The van der Waals surface area contributed by atoms with Gasteiger partial charge in [-0.05, 0) is 51.4 Å². The molecule has 1 amide bonds. The van der Waals surface area contributed by atoms with Gasteiger partial charge in [0.1, 0.15) is 11.2 Å². The second-order valence-corrected chi connectivity index (χ2v) is 7.62. The van der Waals surface area contributed by atoms with E-state index in [0.717, 1.165) is 12.3 Å². The maximum absolute atomic E-state index is 13.0. The second-order valence-electron chi connectivity index (χ2n) is 7.62. The molecule has 1 N–H and O–H groups in total. The van der Waals surface area contributed by atoms with Crippen LogP contribution in [0.4, 0.5) is 4.79 Å². The minimum atomic E-state index is -3.24. The van der Waals surface area contributed by atoms with E-state index in [1.807, 2.05) is 0 Å². The van der Waals surface area contributed by atoms with Crippen LogP contribution >= 0.6 is 0 Å².